The first kappa shape index (κ1) is 15.8. The largest absolute Gasteiger partial charge is 0.391 e. The Labute approximate surface area is 144 Å². The number of amides is 1. The van der Waals surface area contributed by atoms with Gasteiger partial charge in [0, 0.05) is 37.1 Å². The topological polar surface area (TPSA) is 95.2 Å². The summed E-state index contributed by atoms with van der Waals surface area (Å²) in [6.07, 6.45) is 0.0115. The van der Waals surface area contributed by atoms with Crippen LogP contribution >= 0.6 is 0 Å². The van der Waals surface area contributed by atoms with E-state index in [0.29, 0.717) is 25.1 Å². The fourth-order valence-corrected chi connectivity index (χ4v) is 3.44. The Bertz CT molecular complexity index is 929. The van der Waals surface area contributed by atoms with Crippen molar-refractivity contribution in [2.45, 2.75) is 26.4 Å². The van der Waals surface area contributed by atoms with Crippen LogP contribution in [0.1, 0.15) is 27.6 Å². The molecular weight excluding hydrogens is 320 g/mol. The SMILES string of the molecule is Cc1cc(CC2CN(C(=O)c3ccc4nc(C)[nH]c4c3)CC2O)on1. The Hall–Kier alpha value is -2.67. The number of aromatic nitrogens is 3. The molecule has 25 heavy (non-hydrogen) atoms. The van der Waals surface area contributed by atoms with Crippen LogP contribution in [0, 0.1) is 19.8 Å². The first-order chi connectivity index (χ1) is 12.0. The third-order valence-corrected chi connectivity index (χ3v) is 4.68. The second kappa shape index (κ2) is 6.00. The summed E-state index contributed by atoms with van der Waals surface area (Å²) in [7, 11) is 0. The van der Waals surface area contributed by atoms with Crippen molar-refractivity contribution in [1.82, 2.24) is 20.0 Å². The molecule has 7 nitrogen and oxygen atoms in total. The Morgan fingerprint density at radius 1 is 1.36 bits per heavy atom. The minimum atomic E-state index is -0.563. The predicted molar refractivity (Wildman–Crippen MR) is 91.2 cm³/mol. The van der Waals surface area contributed by atoms with Crippen LogP contribution in [0.15, 0.2) is 28.8 Å². The molecule has 1 saturated heterocycles. The summed E-state index contributed by atoms with van der Waals surface area (Å²) in [4.78, 5) is 22.0. The Balaban J connectivity index is 1.49. The first-order valence-corrected chi connectivity index (χ1v) is 8.35. The number of nitrogens with one attached hydrogen (secondary N) is 1. The van der Waals surface area contributed by atoms with Crippen molar-refractivity contribution in [1.29, 1.82) is 0 Å². The quantitative estimate of drug-likeness (QED) is 0.758. The number of likely N-dealkylation sites (tertiary alicyclic amines) is 1. The number of carbonyl (C=O) groups is 1. The van der Waals surface area contributed by atoms with Crippen LogP contribution in [0.2, 0.25) is 0 Å². The molecule has 2 unspecified atom stereocenters. The van der Waals surface area contributed by atoms with E-state index in [-0.39, 0.29) is 11.8 Å². The van der Waals surface area contributed by atoms with Gasteiger partial charge in [0.05, 0.1) is 22.8 Å². The molecule has 130 valence electrons. The minimum Gasteiger partial charge on any atom is -0.391 e. The summed E-state index contributed by atoms with van der Waals surface area (Å²) in [6.45, 7) is 4.58. The number of aliphatic hydroxyl groups excluding tert-OH is 1. The fraction of sp³-hybridized carbons (Fsp3) is 0.389. The molecule has 0 radical (unpaired) electrons. The van der Waals surface area contributed by atoms with Crippen LogP contribution in [0.5, 0.6) is 0 Å². The maximum absolute atomic E-state index is 12.8. The van der Waals surface area contributed by atoms with Gasteiger partial charge in [-0.1, -0.05) is 5.16 Å². The molecule has 0 bridgehead atoms. The predicted octanol–water partition coefficient (Wildman–Crippen LogP) is 1.84. The Morgan fingerprint density at radius 2 is 2.20 bits per heavy atom. The number of rotatable bonds is 3. The number of hydrogen-bond acceptors (Lipinski definition) is 5. The third-order valence-electron chi connectivity index (χ3n) is 4.68. The van der Waals surface area contributed by atoms with Gasteiger partial charge >= 0.3 is 0 Å². The van der Waals surface area contributed by atoms with E-state index in [1.165, 1.54) is 0 Å². The summed E-state index contributed by atoms with van der Waals surface area (Å²) < 4.78 is 5.23. The smallest absolute Gasteiger partial charge is 0.254 e. The lowest BCUT2D eigenvalue weighted by Crippen LogP contribution is -2.29. The molecule has 2 N–H and O–H groups in total. The number of β-amino-alcohol motifs (C(OH)–C–C–N with tert-alkyl or cyclic N) is 1. The molecule has 7 heteroatoms. The Morgan fingerprint density at radius 3 is 2.96 bits per heavy atom. The molecule has 2 aromatic heterocycles. The highest BCUT2D eigenvalue weighted by molar-refractivity contribution is 5.97. The number of benzene rings is 1. The Kier molecular flexibility index (Phi) is 3.80. The summed E-state index contributed by atoms with van der Waals surface area (Å²) in [6, 6.07) is 7.31. The molecule has 1 amide bonds. The number of H-pyrrole nitrogens is 1. The van der Waals surface area contributed by atoms with E-state index >= 15 is 0 Å². The van der Waals surface area contributed by atoms with Gasteiger partial charge in [0.25, 0.3) is 5.91 Å². The van der Waals surface area contributed by atoms with Gasteiger partial charge in [0.15, 0.2) is 0 Å². The van der Waals surface area contributed by atoms with Gasteiger partial charge < -0.3 is 19.5 Å². The summed E-state index contributed by atoms with van der Waals surface area (Å²) in [5.41, 5.74) is 3.10. The molecule has 0 saturated carbocycles. The molecule has 0 aliphatic carbocycles. The number of aromatic amines is 1. The zero-order chi connectivity index (χ0) is 17.6. The molecule has 1 aliphatic rings. The summed E-state index contributed by atoms with van der Waals surface area (Å²) in [5.74, 6) is 1.43. The number of carbonyl (C=O) groups excluding carboxylic acids is 1. The summed E-state index contributed by atoms with van der Waals surface area (Å²) >= 11 is 0. The van der Waals surface area contributed by atoms with Crippen molar-refractivity contribution in [3.63, 3.8) is 0 Å². The number of aliphatic hydroxyl groups is 1. The zero-order valence-electron chi connectivity index (χ0n) is 14.2. The monoisotopic (exact) mass is 340 g/mol. The van der Waals surface area contributed by atoms with Crippen LogP contribution in [0.4, 0.5) is 0 Å². The average molecular weight is 340 g/mol. The van der Waals surface area contributed by atoms with Gasteiger partial charge in [-0.25, -0.2) is 4.98 Å². The van der Waals surface area contributed by atoms with Crippen LogP contribution in [-0.2, 0) is 6.42 Å². The minimum absolute atomic E-state index is 0.0468. The highest BCUT2D eigenvalue weighted by Gasteiger charge is 2.35. The van der Waals surface area contributed by atoms with Gasteiger partial charge in [-0.3, -0.25) is 4.79 Å². The van der Waals surface area contributed by atoms with Crippen molar-refractivity contribution in [3.8, 4) is 0 Å². The number of nitrogens with zero attached hydrogens (tertiary/aromatic N) is 3. The normalized spacial score (nSPS) is 20.5. The number of fused-ring (bicyclic) bond motifs is 1. The first-order valence-electron chi connectivity index (χ1n) is 8.35. The van der Waals surface area contributed by atoms with Gasteiger partial charge in [0.1, 0.15) is 11.6 Å². The van der Waals surface area contributed by atoms with E-state index < -0.39 is 6.10 Å². The van der Waals surface area contributed by atoms with Crippen molar-refractivity contribution >= 4 is 16.9 Å². The van der Waals surface area contributed by atoms with E-state index in [1.54, 1.807) is 11.0 Å². The molecule has 0 spiro atoms. The highest BCUT2D eigenvalue weighted by Crippen LogP contribution is 2.24. The molecule has 2 atom stereocenters. The second-order valence-electron chi connectivity index (χ2n) is 6.73. The van der Waals surface area contributed by atoms with E-state index in [2.05, 4.69) is 15.1 Å². The molecule has 3 aromatic rings. The molecule has 3 heterocycles. The maximum Gasteiger partial charge on any atom is 0.254 e. The van der Waals surface area contributed by atoms with Crippen molar-refractivity contribution in [2.24, 2.45) is 5.92 Å². The number of hydrogen-bond donors (Lipinski definition) is 2. The van der Waals surface area contributed by atoms with Crippen LogP contribution < -0.4 is 0 Å². The van der Waals surface area contributed by atoms with E-state index in [4.69, 9.17) is 4.52 Å². The third kappa shape index (κ3) is 3.02. The van der Waals surface area contributed by atoms with Crippen LogP contribution in [-0.4, -0.2) is 50.2 Å². The molecule has 1 aliphatic heterocycles. The zero-order valence-corrected chi connectivity index (χ0v) is 14.2. The lowest BCUT2D eigenvalue weighted by Gasteiger charge is -2.16. The number of aryl methyl sites for hydroxylation is 2. The molecule has 1 fully saturated rings. The van der Waals surface area contributed by atoms with Crippen molar-refractivity contribution in [3.05, 3.63) is 47.1 Å². The van der Waals surface area contributed by atoms with E-state index in [1.807, 2.05) is 32.0 Å². The van der Waals surface area contributed by atoms with E-state index in [9.17, 15) is 9.90 Å². The van der Waals surface area contributed by atoms with Crippen LogP contribution in [0.3, 0.4) is 0 Å². The summed E-state index contributed by atoms with van der Waals surface area (Å²) in [5, 5.41) is 14.2. The fourth-order valence-electron chi connectivity index (χ4n) is 3.44. The average Bonchev–Trinajstić information content (AvgIpc) is 3.25. The highest BCUT2D eigenvalue weighted by atomic mass is 16.5. The lowest BCUT2D eigenvalue weighted by molar-refractivity contribution is 0.0764. The van der Waals surface area contributed by atoms with E-state index in [0.717, 1.165) is 28.3 Å². The lowest BCUT2D eigenvalue weighted by atomic mass is 10.0. The molecular formula is C18H20N4O3. The molecule has 4 rings (SSSR count). The second-order valence-corrected chi connectivity index (χ2v) is 6.73. The van der Waals surface area contributed by atoms with Gasteiger partial charge in [0.2, 0.25) is 0 Å². The van der Waals surface area contributed by atoms with Crippen molar-refractivity contribution < 1.29 is 14.4 Å². The maximum atomic E-state index is 12.8. The van der Waals surface area contributed by atoms with Crippen molar-refractivity contribution in [2.75, 3.05) is 13.1 Å². The van der Waals surface area contributed by atoms with Crippen LogP contribution in [0.25, 0.3) is 11.0 Å². The van der Waals surface area contributed by atoms with Gasteiger partial charge in [-0.2, -0.15) is 0 Å². The van der Waals surface area contributed by atoms with Gasteiger partial charge in [-0.15, -0.1) is 0 Å². The number of imidazole rings is 1. The van der Waals surface area contributed by atoms with Gasteiger partial charge in [-0.05, 0) is 32.0 Å². The molecule has 1 aromatic carbocycles. The standard InChI is InChI=1S/C18H20N4O3/c1-10-5-14(25-21-10)6-13-8-22(9-17(13)23)18(24)12-3-4-15-16(7-12)20-11(2)19-15/h3-5,7,13,17,23H,6,8-9H2,1-2H3,(H,19,20).